The third-order valence-electron chi connectivity index (χ3n) is 5.92. The highest BCUT2D eigenvalue weighted by Crippen LogP contribution is 2.40. The minimum absolute atomic E-state index is 0.171. The van der Waals surface area contributed by atoms with Crippen LogP contribution in [-0.2, 0) is 4.79 Å². The SMILES string of the molecule is Cc1nn(-c2ccc(N3CCCCC3)nn2)c2c1C(c1ccccc1F)CC(=O)N2. The number of carbonyl (C=O) groups excluding carboxylic acids is 1. The highest BCUT2D eigenvalue weighted by atomic mass is 19.1. The molecule has 1 aromatic carbocycles. The second-order valence-corrected chi connectivity index (χ2v) is 7.88. The van der Waals surface area contributed by atoms with Crippen LogP contribution in [-0.4, -0.2) is 39.0 Å². The summed E-state index contributed by atoms with van der Waals surface area (Å²) in [6, 6.07) is 10.4. The minimum atomic E-state index is -0.385. The maximum atomic E-state index is 14.5. The zero-order chi connectivity index (χ0) is 20.7. The van der Waals surface area contributed by atoms with Crippen molar-refractivity contribution in [1.82, 2.24) is 20.0 Å². The Bertz CT molecular complexity index is 1090. The third-order valence-corrected chi connectivity index (χ3v) is 5.92. The summed E-state index contributed by atoms with van der Waals surface area (Å²) in [6.07, 6.45) is 3.77. The Hall–Kier alpha value is -3.29. The van der Waals surface area contributed by atoms with Gasteiger partial charge in [0.1, 0.15) is 11.6 Å². The molecule has 0 saturated carbocycles. The van der Waals surface area contributed by atoms with Crippen molar-refractivity contribution in [2.24, 2.45) is 0 Å². The summed E-state index contributed by atoms with van der Waals surface area (Å²) in [4.78, 5) is 14.7. The number of nitrogens with zero attached hydrogens (tertiary/aromatic N) is 5. The number of hydrogen-bond donors (Lipinski definition) is 1. The molecule has 1 atom stereocenters. The van der Waals surface area contributed by atoms with Gasteiger partial charge in [-0.25, -0.2) is 4.39 Å². The van der Waals surface area contributed by atoms with Crippen molar-refractivity contribution in [3.63, 3.8) is 0 Å². The van der Waals surface area contributed by atoms with E-state index < -0.39 is 0 Å². The molecule has 0 radical (unpaired) electrons. The largest absolute Gasteiger partial charge is 0.355 e. The summed E-state index contributed by atoms with van der Waals surface area (Å²) in [5.74, 6) is 1.04. The fraction of sp³-hybridized carbons (Fsp3) is 0.364. The highest BCUT2D eigenvalue weighted by molar-refractivity contribution is 5.95. The van der Waals surface area contributed by atoms with Crippen LogP contribution in [0.1, 0.15) is 48.4 Å². The smallest absolute Gasteiger partial charge is 0.226 e. The summed E-state index contributed by atoms with van der Waals surface area (Å²) in [5, 5.41) is 16.3. The fourth-order valence-corrected chi connectivity index (χ4v) is 4.46. The predicted molar refractivity (Wildman–Crippen MR) is 111 cm³/mol. The van der Waals surface area contributed by atoms with Gasteiger partial charge in [0.25, 0.3) is 0 Å². The number of nitrogens with one attached hydrogen (secondary N) is 1. The number of carbonyl (C=O) groups is 1. The zero-order valence-electron chi connectivity index (χ0n) is 16.8. The van der Waals surface area contributed by atoms with Gasteiger partial charge in [0, 0.05) is 31.0 Å². The zero-order valence-corrected chi connectivity index (χ0v) is 16.8. The van der Waals surface area contributed by atoms with Gasteiger partial charge in [-0.05, 0) is 49.9 Å². The van der Waals surface area contributed by atoms with Crippen molar-refractivity contribution in [2.45, 2.75) is 38.5 Å². The number of aromatic nitrogens is 4. The second-order valence-electron chi connectivity index (χ2n) is 7.88. The average molecular weight is 406 g/mol. The Kier molecular flexibility index (Phi) is 4.69. The Morgan fingerprint density at radius 3 is 2.50 bits per heavy atom. The monoisotopic (exact) mass is 406 g/mol. The van der Waals surface area contributed by atoms with Crippen LogP contribution in [0.3, 0.4) is 0 Å². The van der Waals surface area contributed by atoms with Gasteiger partial charge in [0.05, 0.1) is 5.69 Å². The maximum Gasteiger partial charge on any atom is 0.226 e. The molecule has 1 fully saturated rings. The normalized spacial score (nSPS) is 18.8. The van der Waals surface area contributed by atoms with Crippen molar-refractivity contribution >= 4 is 17.5 Å². The first-order valence-corrected chi connectivity index (χ1v) is 10.3. The molecule has 2 aliphatic rings. The molecule has 5 rings (SSSR count). The predicted octanol–water partition coefficient (Wildman–Crippen LogP) is 3.57. The van der Waals surface area contributed by atoms with Crippen LogP contribution in [0.2, 0.25) is 0 Å². The molecule has 1 unspecified atom stereocenters. The van der Waals surface area contributed by atoms with Gasteiger partial charge in [-0.15, -0.1) is 10.2 Å². The van der Waals surface area contributed by atoms with E-state index in [-0.39, 0.29) is 24.1 Å². The number of fused-ring (bicyclic) bond motifs is 1. The van der Waals surface area contributed by atoms with Crippen LogP contribution < -0.4 is 10.2 Å². The van der Waals surface area contributed by atoms with Crippen LogP contribution in [0.15, 0.2) is 36.4 Å². The number of halogens is 1. The molecule has 4 heterocycles. The molecule has 1 N–H and O–H groups in total. The number of aryl methyl sites for hydroxylation is 1. The van der Waals surface area contributed by atoms with E-state index in [2.05, 4.69) is 25.5 Å². The van der Waals surface area contributed by atoms with E-state index in [1.807, 2.05) is 19.1 Å². The van der Waals surface area contributed by atoms with Crippen molar-refractivity contribution in [1.29, 1.82) is 0 Å². The van der Waals surface area contributed by atoms with Crippen LogP contribution in [0, 0.1) is 12.7 Å². The Morgan fingerprint density at radius 1 is 1.03 bits per heavy atom. The molecule has 0 bridgehead atoms. The first-order valence-electron chi connectivity index (χ1n) is 10.3. The number of anilines is 2. The Balaban J connectivity index is 1.53. The molecule has 154 valence electrons. The minimum Gasteiger partial charge on any atom is -0.355 e. The number of amides is 1. The lowest BCUT2D eigenvalue weighted by Gasteiger charge is -2.27. The van der Waals surface area contributed by atoms with Crippen LogP contribution in [0.25, 0.3) is 5.82 Å². The first kappa shape index (κ1) is 18.7. The van der Waals surface area contributed by atoms with Crippen LogP contribution >= 0.6 is 0 Å². The van der Waals surface area contributed by atoms with E-state index in [0.717, 1.165) is 30.2 Å². The van der Waals surface area contributed by atoms with Crippen LogP contribution in [0.4, 0.5) is 16.0 Å². The van der Waals surface area contributed by atoms with Crippen molar-refractivity contribution < 1.29 is 9.18 Å². The molecule has 2 aliphatic heterocycles. The quantitative estimate of drug-likeness (QED) is 0.720. The molecular weight excluding hydrogens is 383 g/mol. The lowest BCUT2D eigenvalue weighted by Crippen LogP contribution is -2.30. The Morgan fingerprint density at radius 2 is 1.77 bits per heavy atom. The van der Waals surface area contributed by atoms with Gasteiger partial charge >= 0.3 is 0 Å². The molecule has 1 saturated heterocycles. The molecule has 1 amide bonds. The second kappa shape index (κ2) is 7.51. The van der Waals surface area contributed by atoms with Gasteiger partial charge in [0.15, 0.2) is 11.6 Å². The molecular formula is C22H23FN6O. The van der Waals surface area contributed by atoms with E-state index in [1.54, 1.807) is 22.9 Å². The average Bonchev–Trinajstić information content (AvgIpc) is 3.10. The van der Waals surface area contributed by atoms with Crippen molar-refractivity contribution in [3.05, 3.63) is 59.0 Å². The third kappa shape index (κ3) is 3.22. The summed E-state index contributed by atoms with van der Waals surface area (Å²) < 4.78 is 16.1. The lowest BCUT2D eigenvalue weighted by molar-refractivity contribution is -0.116. The summed E-state index contributed by atoms with van der Waals surface area (Å²) in [7, 11) is 0. The van der Waals surface area contributed by atoms with Crippen molar-refractivity contribution in [3.8, 4) is 5.82 Å². The van der Waals surface area contributed by atoms with E-state index in [4.69, 9.17) is 0 Å². The molecule has 8 heteroatoms. The first-order chi connectivity index (χ1) is 14.6. The van der Waals surface area contributed by atoms with Gasteiger partial charge in [-0.1, -0.05) is 18.2 Å². The number of benzene rings is 1. The van der Waals surface area contributed by atoms with E-state index in [9.17, 15) is 9.18 Å². The molecule has 0 aliphatic carbocycles. The molecule has 2 aromatic heterocycles. The standard InChI is InChI=1S/C22H23FN6O/c1-14-21-16(15-7-3-4-8-17(15)23)13-20(30)24-22(21)29(27-14)19-10-9-18(25-26-19)28-11-5-2-6-12-28/h3-4,7-10,16H,2,5-6,11-13H2,1H3,(H,24,30). The molecule has 7 nitrogen and oxygen atoms in total. The van der Waals surface area contributed by atoms with E-state index in [0.29, 0.717) is 17.2 Å². The topological polar surface area (TPSA) is 75.9 Å². The number of hydrogen-bond acceptors (Lipinski definition) is 5. The van der Waals surface area contributed by atoms with E-state index in [1.165, 1.54) is 25.3 Å². The molecule has 0 spiro atoms. The summed E-state index contributed by atoms with van der Waals surface area (Å²) >= 11 is 0. The van der Waals surface area contributed by atoms with E-state index >= 15 is 0 Å². The Labute approximate surface area is 173 Å². The van der Waals surface area contributed by atoms with Gasteiger partial charge in [-0.2, -0.15) is 9.78 Å². The fourth-order valence-electron chi connectivity index (χ4n) is 4.46. The summed E-state index contributed by atoms with van der Waals surface area (Å²) in [6.45, 7) is 3.85. The van der Waals surface area contributed by atoms with Gasteiger partial charge in [0.2, 0.25) is 5.91 Å². The van der Waals surface area contributed by atoms with Crippen LogP contribution in [0.5, 0.6) is 0 Å². The molecule has 30 heavy (non-hydrogen) atoms. The van der Waals surface area contributed by atoms with Gasteiger partial charge < -0.3 is 10.2 Å². The van der Waals surface area contributed by atoms with Crippen molar-refractivity contribution in [2.75, 3.05) is 23.3 Å². The summed E-state index contributed by atoms with van der Waals surface area (Å²) in [5.41, 5.74) is 2.06. The highest BCUT2D eigenvalue weighted by Gasteiger charge is 2.34. The van der Waals surface area contributed by atoms with Gasteiger partial charge in [-0.3, -0.25) is 4.79 Å². The number of piperidine rings is 1. The lowest BCUT2D eigenvalue weighted by atomic mass is 9.85. The number of rotatable bonds is 3. The molecule has 3 aromatic rings. The maximum absolute atomic E-state index is 14.5.